The number of aromatic hydroxyl groups is 2. The number of nitrogens with zero attached hydrogens (tertiary/aromatic N) is 3. The number of phenols is 1. The molecule has 150 valence electrons. The first-order valence-electron chi connectivity index (χ1n) is 8.68. The first-order valence-corrected chi connectivity index (χ1v) is 10.5. The second-order valence-electron chi connectivity index (χ2n) is 6.82. The average Bonchev–Trinajstić information content (AvgIpc) is 2.99. The van der Waals surface area contributed by atoms with Gasteiger partial charge in [0.2, 0.25) is 15.9 Å². The Morgan fingerprint density at radius 1 is 1.14 bits per heavy atom. The third kappa shape index (κ3) is 3.13. The molecule has 0 radical (unpaired) electrons. The molecule has 2 N–H and O–H groups in total. The molecule has 4 rings (SSSR count). The van der Waals surface area contributed by atoms with E-state index in [9.17, 15) is 23.0 Å². The number of fused-ring (bicyclic) bond motifs is 2. The normalized spacial score (nSPS) is 12.0. The largest absolute Gasteiger partial charge is 0.505 e. The maximum atomic E-state index is 13.2. The molecule has 0 bridgehead atoms. The van der Waals surface area contributed by atoms with Crippen LogP contribution in [0.1, 0.15) is 5.56 Å². The Balaban J connectivity index is 2.03. The summed E-state index contributed by atoms with van der Waals surface area (Å²) < 4.78 is 40.3. The molecule has 0 saturated carbocycles. The van der Waals surface area contributed by atoms with Crippen molar-refractivity contribution in [3.8, 4) is 11.6 Å². The van der Waals surface area contributed by atoms with Gasteiger partial charge in [-0.1, -0.05) is 12.1 Å². The smallest absolute Gasteiger partial charge is 0.232 e. The molecule has 9 heteroatoms. The molecule has 0 amide bonds. The van der Waals surface area contributed by atoms with Crippen LogP contribution < -0.4 is 4.31 Å². The van der Waals surface area contributed by atoms with E-state index in [1.807, 2.05) is 0 Å². The van der Waals surface area contributed by atoms with Crippen molar-refractivity contribution in [3.63, 3.8) is 0 Å². The van der Waals surface area contributed by atoms with Gasteiger partial charge in [-0.2, -0.15) is 0 Å². The number of phenolic OH excluding ortho intramolecular Hbond substituents is 1. The van der Waals surface area contributed by atoms with Crippen molar-refractivity contribution >= 4 is 37.4 Å². The summed E-state index contributed by atoms with van der Waals surface area (Å²) >= 11 is 0. The molecule has 29 heavy (non-hydrogen) atoms. The minimum atomic E-state index is -3.63. The number of aromatic nitrogens is 2. The maximum absolute atomic E-state index is 13.2. The predicted octanol–water partition coefficient (Wildman–Crippen LogP) is 3.18. The van der Waals surface area contributed by atoms with E-state index < -0.39 is 10.0 Å². The summed E-state index contributed by atoms with van der Waals surface area (Å²) in [6, 6.07) is 9.10. The van der Waals surface area contributed by atoms with E-state index in [2.05, 4.69) is 4.98 Å². The zero-order valence-corrected chi connectivity index (χ0v) is 16.5. The van der Waals surface area contributed by atoms with E-state index in [4.69, 9.17) is 0 Å². The highest BCUT2D eigenvalue weighted by molar-refractivity contribution is 7.92. The SMILES string of the molecule is CN(c1c2cccnc2c(O)c2c(O)n(Cc3ccc(F)cc3)cc12)S(C)(=O)=O. The van der Waals surface area contributed by atoms with Crippen LogP contribution >= 0.6 is 0 Å². The van der Waals surface area contributed by atoms with Crippen LogP contribution in [-0.4, -0.2) is 41.5 Å². The molecule has 2 heterocycles. The van der Waals surface area contributed by atoms with Gasteiger partial charge in [-0.05, 0) is 29.8 Å². The standard InChI is InChI=1S/C20H18FN3O4S/c1-23(29(2,27)28)18-14-4-3-9-22-17(14)19(25)16-15(18)11-24(20(16)26)10-12-5-7-13(21)8-6-12/h3-9,11,25-26H,10H2,1-2H3. The van der Waals surface area contributed by atoms with Gasteiger partial charge in [0.05, 0.1) is 23.9 Å². The summed E-state index contributed by atoms with van der Waals surface area (Å²) in [4.78, 5) is 4.17. The molecule has 0 unspecified atom stereocenters. The van der Waals surface area contributed by atoms with Crippen LogP contribution in [0.3, 0.4) is 0 Å². The second kappa shape index (κ2) is 6.63. The number of hydrogen-bond acceptors (Lipinski definition) is 5. The quantitative estimate of drug-likeness (QED) is 0.534. The van der Waals surface area contributed by atoms with Gasteiger partial charge in [-0.25, -0.2) is 12.8 Å². The maximum Gasteiger partial charge on any atom is 0.232 e. The Morgan fingerprint density at radius 3 is 2.48 bits per heavy atom. The Morgan fingerprint density at radius 2 is 1.83 bits per heavy atom. The molecule has 2 aromatic heterocycles. The average molecular weight is 415 g/mol. The van der Waals surface area contributed by atoms with Crippen molar-refractivity contribution in [1.29, 1.82) is 0 Å². The molecule has 0 aliphatic rings. The second-order valence-corrected chi connectivity index (χ2v) is 8.84. The fourth-order valence-corrected chi connectivity index (χ4v) is 3.95. The number of halogens is 1. The van der Waals surface area contributed by atoms with Crippen LogP contribution in [0.15, 0.2) is 48.8 Å². The van der Waals surface area contributed by atoms with Crippen molar-refractivity contribution in [2.45, 2.75) is 6.54 Å². The van der Waals surface area contributed by atoms with E-state index in [-0.39, 0.29) is 34.9 Å². The number of hydrogen-bond donors (Lipinski definition) is 2. The minimum Gasteiger partial charge on any atom is -0.505 e. The summed E-state index contributed by atoms with van der Waals surface area (Å²) in [6.07, 6.45) is 4.12. The molecular formula is C20H18FN3O4S. The van der Waals surface area contributed by atoms with Crippen LogP contribution in [0.2, 0.25) is 0 Å². The number of rotatable bonds is 4. The monoisotopic (exact) mass is 415 g/mol. The van der Waals surface area contributed by atoms with Gasteiger partial charge in [-0.3, -0.25) is 9.29 Å². The lowest BCUT2D eigenvalue weighted by atomic mass is 10.1. The third-order valence-electron chi connectivity index (χ3n) is 4.91. The Hall–Kier alpha value is -3.33. The van der Waals surface area contributed by atoms with Crippen LogP contribution in [0, 0.1) is 5.82 Å². The fraction of sp³-hybridized carbons (Fsp3) is 0.150. The zero-order valence-electron chi connectivity index (χ0n) is 15.7. The molecule has 0 fully saturated rings. The van der Waals surface area contributed by atoms with E-state index >= 15 is 0 Å². The lowest BCUT2D eigenvalue weighted by Gasteiger charge is -2.20. The first kappa shape index (κ1) is 19.0. The summed E-state index contributed by atoms with van der Waals surface area (Å²) in [5.74, 6) is -0.850. The van der Waals surface area contributed by atoms with Gasteiger partial charge in [-0.15, -0.1) is 0 Å². The summed E-state index contributed by atoms with van der Waals surface area (Å²) in [5.41, 5.74) is 1.21. The van der Waals surface area contributed by atoms with Crippen molar-refractivity contribution in [3.05, 3.63) is 60.2 Å². The van der Waals surface area contributed by atoms with Gasteiger partial charge in [0, 0.05) is 30.2 Å². The molecule has 0 atom stereocenters. The highest BCUT2D eigenvalue weighted by atomic mass is 32.2. The lowest BCUT2D eigenvalue weighted by molar-refractivity contribution is 0.425. The minimum absolute atomic E-state index is 0.101. The van der Waals surface area contributed by atoms with Crippen molar-refractivity contribution in [2.24, 2.45) is 0 Å². The fourth-order valence-electron chi connectivity index (χ4n) is 3.42. The van der Waals surface area contributed by atoms with Crippen LogP contribution in [0.25, 0.3) is 21.7 Å². The number of benzene rings is 2. The molecule has 4 aromatic rings. The summed E-state index contributed by atoms with van der Waals surface area (Å²) in [6.45, 7) is 0.200. The molecule has 0 spiro atoms. The van der Waals surface area contributed by atoms with Gasteiger partial charge in [0.1, 0.15) is 11.3 Å². The van der Waals surface area contributed by atoms with E-state index in [0.717, 1.165) is 16.1 Å². The van der Waals surface area contributed by atoms with Gasteiger partial charge in [0.25, 0.3) is 0 Å². The van der Waals surface area contributed by atoms with Crippen LogP contribution in [0.4, 0.5) is 10.1 Å². The third-order valence-corrected chi connectivity index (χ3v) is 6.09. The van der Waals surface area contributed by atoms with E-state index in [1.54, 1.807) is 30.5 Å². The molecular weight excluding hydrogens is 397 g/mol. The number of anilines is 1. The molecule has 0 aliphatic carbocycles. The molecule has 2 aromatic carbocycles. The zero-order chi connectivity index (χ0) is 20.9. The Labute approximate surface area is 166 Å². The lowest BCUT2D eigenvalue weighted by Crippen LogP contribution is -2.25. The van der Waals surface area contributed by atoms with E-state index in [1.165, 1.54) is 29.9 Å². The number of pyridine rings is 1. The van der Waals surface area contributed by atoms with Crippen LogP contribution in [-0.2, 0) is 16.6 Å². The van der Waals surface area contributed by atoms with Crippen LogP contribution in [0.5, 0.6) is 11.6 Å². The van der Waals surface area contributed by atoms with Gasteiger partial charge >= 0.3 is 0 Å². The summed E-state index contributed by atoms with van der Waals surface area (Å²) in [7, 11) is -2.22. The van der Waals surface area contributed by atoms with Gasteiger partial charge < -0.3 is 14.8 Å². The Bertz CT molecular complexity index is 1350. The predicted molar refractivity (Wildman–Crippen MR) is 109 cm³/mol. The van der Waals surface area contributed by atoms with Crippen molar-refractivity contribution < 1.29 is 23.0 Å². The summed E-state index contributed by atoms with van der Waals surface area (Å²) in [5, 5.41) is 22.4. The van der Waals surface area contributed by atoms with Gasteiger partial charge in [0.15, 0.2) is 5.75 Å². The Kier molecular flexibility index (Phi) is 4.34. The van der Waals surface area contributed by atoms with Crippen molar-refractivity contribution in [2.75, 3.05) is 17.6 Å². The van der Waals surface area contributed by atoms with Crippen molar-refractivity contribution in [1.82, 2.24) is 9.55 Å². The van der Waals surface area contributed by atoms with E-state index in [0.29, 0.717) is 16.5 Å². The highest BCUT2D eigenvalue weighted by Gasteiger charge is 2.25. The molecule has 0 aliphatic heterocycles. The first-order chi connectivity index (χ1) is 13.7. The molecule has 0 saturated heterocycles. The number of sulfonamides is 1. The topological polar surface area (TPSA) is 95.7 Å². The highest BCUT2D eigenvalue weighted by Crippen LogP contribution is 2.46. The molecule has 7 nitrogen and oxygen atoms in total.